The zero-order valence-electron chi connectivity index (χ0n) is 6.74. The average molecular weight is 169 g/mol. The Balaban J connectivity index is 3.09. The SMILES string of the molecule is CCC(O)c1c[nH]c(=O)nc1N. The third-order valence-corrected chi connectivity index (χ3v) is 1.61. The van der Waals surface area contributed by atoms with Crippen molar-refractivity contribution in [2.75, 3.05) is 5.73 Å². The van der Waals surface area contributed by atoms with E-state index in [0.717, 1.165) is 0 Å². The lowest BCUT2D eigenvalue weighted by Gasteiger charge is -2.08. The van der Waals surface area contributed by atoms with Crippen LogP contribution in [0.2, 0.25) is 0 Å². The van der Waals surface area contributed by atoms with Crippen LogP contribution in [0.4, 0.5) is 5.82 Å². The molecule has 1 rings (SSSR count). The van der Waals surface area contributed by atoms with Crippen LogP contribution in [0.1, 0.15) is 25.0 Å². The van der Waals surface area contributed by atoms with Gasteiger partial charge in [-0.25, -0.2) is 4.79 Å². The van der Waals surface area contributed by atoms with Crippen molar-refractivity contribution in [2.45, 2.75) is 19.4 Å². The third kappa shape index (κ3) is 1.62. The number of hydrogen-bond donors (Lipinski definition) is 3. The van der Waals surface area contributed by atoms with Gasteiger partial charge in [0.15, 0.2) is 0 Å². The van der Waals surface area contributed by atoms with Gasteiger partial charge in [0.2, 0.25) is 0 Å². The Kier molecular flexibility index (Phi) is 2.44. The summed E-state index contributed by atoms with van der Waals surface area (Å²) in [6, 6.07) is 0. The van der Waals surface area contributed by atoms with Gasteiger partial charge in [-0.2, -0.15) is 4.98 Å². The van der Waals surface area contributed by atoms with Crippen LogP contribution in [-0.2, 0) is 0 Å². The summed E-state index contributed by atoms with van der Waals surface area (Å²) in [6.07, 6.45) is 1.27. The summed E-state index contributed by atoms with van der Waals surface area (Å²) in [5.74, 6) is 0.0908. The molecule has 0 aliphatic rings. The highest BCUT2D eigenvalue weighted by Crippen LogP contribution is 2.17. The van der Waals surface area contributed by atoms with Gasteiger partial charge >= 0.3 is 5.69 Å². The topological polar surface area (TPSA) is 92.0 Å². The lowest BCUT2D eigenvalue weighted by atomic mass is 10.1. The monoisotopic (exact) mass is 169 g/mol. The molecule has 0 bridgehead atoms. The highest BCUT2D eigenvalue weighted by atomic mass is 16.3. The van der Waals surface area contributed by atoms with Crippen molar-refractivity contribution in [3.05, 3.63) is 22.2 Å². The summed E-state index contributed by atoms with van der Waals surface area (Å²) < 4.78 is 0. The molecule has 0 aliphatic heterocycles. The van der Waals surface area contributed by atoms with Crippen molar-refractivity contribution in [2.24, 2.45) is 0 Å². The first-order valence-corrected chi connectivity index (χ1v) is 3.68. The number of nitrogens with one attached hydrogen (secondary N) is 1. The Bertz CT molecular complexity index is 321. The lowest BCUT2D eigenvalue weighted by Crippen LogP contribution is -2.15. The first kappa shape index (κ1) is 8.73. The molecule has 5 heteroatoms. The molecule has 0 aliphatic carbocycles. The van der Waals surface area contributed by atoms with Gasteiger partial charge in [0.25, 0.3) is 0 Å². The van der Waals surface area contributed by atoms with Crippen LogP contribution in [0.15, 0.2) is 11.0 Å². The zero-order valence-corrected chi connectivity index (χ0v) is 6.74. The van der Waals surface area contributed by atoms with E-state index in [2.05, 4.69) is 9.97 Å². The molecule has 0 radical (unpaired) electrons. The molecule has 0 saturated heterocycles. The predicted molar refractivity (Wildman–Crippen MR) is 44.5 cm³/mol. The van der Waals surface area contributed by atoms with Crippen molar-refractivity contribution in [3.63, 3.8) is 0 Å². The summed E-state index contributed by atoms with van der Waals surface area (Å²) in [4.78, 5) is 16.4. The molecule has 1 heterocycles. The Morgan fingerprint density at radius 1 is 1.83 bits per heavy atom. The van der Waals surface area contributed by atoms with E-state index in [1.807, 2.05) is 6.92 Å². The van der Waals surface area contributed by atoms with Crippen LogP contribution in [0.25, 0.3) is 0 Å². The molecule has 5 nitrogen and oxygen atoms in total. The van der Waals surface area contributed by atoms with E-state index in [1.165, 1.54) is 6.20 Å². The molecule has 0 aromatic carbocycles. The molecular formula is C7H11N3O2. The van der Waals surface area contributed by atoms with E-state index in [4.69, 9.17) is 5.73 Å². The minimum absolute atomic E-state index is 0.0908. The van der Waals surface area contributed by atoms with E-state index in [9.17, 15) is 9.90 Å². The second-order valence-electron chi connectivity index (χ2n) is 2.47. The number of rotatable bonds is 2. The fourth-order valence-electron chi connectivity index (χ4n) is 0.906. The van der Waals surface area contributed by atoms with Gasteiger partial charge in [-0.3, -0.25) is 0 Å². The second kappa shape index (κ2) is 3.36. The summed E-state index contributed by atoms with van der Waals surface area (Å²) in [5, 5.41) is 9.36. The number of nitrogen functional groups attached to an aromatic ring is 1. The summed E-state index contributed by atoms with van der Waals surface area (Å²) in [5.41, 5.74) is 5.38. The highest BCUT2D eigenvalue weighted by Gasteiger charge is 2.09. The molecule has 1 atom stereocenters. The van der Waals surface area contributed by atoms with Crippen LogP contribution in [0.3, 0.4) is 0 Å². The third-order valence-electron chi connectivity index (χ3n) is 1.61. The van der Waals surface area contributed by atoms with E-state index in [1.54, 1.807) is 0 Å². The van der Waals surface area contributed by atoms with Crippen LogP contribution in [-0.4, -0.2) is 15.1 Å². The Labute approximate surface area is 69.3 Å². The molecule has 0 amide bonds. The summed E-state index contributed by atoms with van der Waals surface area (Å²) in [6.45, 7) is 1.81. The molecule has 1 unspecified atom stereocenters. The van der Waals surface area contributed by atoms with E-state index in [0.29, 0.717) is 12.0 Å². The van der Waals surface area contributed by atoms with Gasteiger partial charge in [-0.15, -0.1) is 0 Å². The highest BCUT2D eigenvalue weighted by molar-refractivity contribution is 5.37. The Morgan fingerprint density at radius 2 is 2.50 bits per heavy atom. The van der Waals surface area contributed by atoms with Crippen LogP contribution >= 0.6 is 0 Å². The molecule has 0 fully saturated rings. The number of nitrogens with two attached hydrogens (primary N) is 1. The number of anilines is 1. The van der Waals surface area contributed by atoms with E-state index >= 15 is 0 Å². The lowest BCUT2D eigenvalue weighted by molar-refractivity contribution is 0.173. The number of hydrogen-bond acceptors (Lipinski definition) is 4. The largest absolute Gasteiger partial charge is 0.388 e. The molecule has 12 heavy (non-hydrogen) atoms. The summed E-state index contributed by atoms with van der Waals surface area (Å²) in [7, 11) is 0. The van der Waals surface area contributed by atoms with Gasteiger partial charge < -0.3 is 15.8 Å². The van der Waals surface area contributed by atoms with Crippen LogP contribution in [0.5, 0.6) is 0 Å². The maximum absolute atomic E-state index is 10.6. The molecule has 1 aromatic heterocycles. The van der Waals surface area contributed by atoms with Crippen LogP contribution in [0, 0.1) is 0 Å². The van der Waals surface area contributed by atoms with Crippen LogP contribution < -0.4 is 11.4 Å². The smallest absolute Gasteiger partial charge is 0.346 e. The zero-order chi connectivity index (χ0) is 9.14. The minimum atomic E-state index is -0.658. The first-order chi connectivity index (χ1) is 5.65. The number of aliphatic hydroxyl groups is 1. The number of H-pyrrole nitrogens is 1. The van der Waals surface area contributed by atoms with E-state index < -0.39 is 11.8 Å². The van der Waals surface area contributed by atoms with Crippen molar-refractivity contribution in [1.29, 1.82) is 0 Å². The maximum atomic E-state index is 10.6. The average Bonchev–Trinajstić information content (AvgIpc) is 2.03. The molecule has 0 spiro atoms. The van der Waals surface area contributed by atoms with Gasteiger partial charge in [0, 0.05) is 11.8 Å². The van der Waals surface area contributed by atoms with E-state index in [-0.39, 0.29) is 5.82 Å². The van der Waals surface area contributed by atoms with Gasteiger partial charge in [-0.1, -0.05) is 6.92 Å². The standard InChI is InChI=1S/C7H11N3O2/c1-2-5(11)4-3-9-7(12)10-6(4)8/h3,5,11H,2H2,1H3,(H3,8,9,10,12). The number of aliphatic hydroxyl groups excluding tert-OH is 1. The predicted octanol–water partition coefficient (Wildman–Crippen LogP) is -0.205. The minimum Gasteiger partial charge on any atom is -0.388 e. The Hall–Kier alpha value is -1.36. The molecule has 66 valence electrons. The first-order valence-electron chi connectivity index (χ1n) is 3.68. The normalized spacial score (nSPS) is 12.8. The van der Waals surface area contributed by atoms with Crippen molar-refractivity contribution in [1.82, 2.24) is 9.97 Å². The van der Waals surface area contributed by atoms with Gasteiger partial charge in [0.05, 0.1) is 6.10 Å². The molecule has 0 saturated carbocycles. The second-order valence-corrected chi connectivity index (χ2v) is 2.47. The molecule has 1 aromatic rings. The van der Waals surface area contributed by atoms with Crippen molar-refractivity contribution in [3.8, 4) is 0 Å². The van der Waals surface area contributed by atoms with Gasteiger partial charge in [-0.05, 0) is 6.42 Å². The number of nitrogens with zero attached hydrogens (tertiary/aromatic N) is 1. The van der Waals surface area contributed by atoms with Gasteiger partial charge in [0.1, 0.15) is 5.82 Å². The maximum Gasteiger partial charge on any atom is 0.346 e. The number of aromatic nitrogens is 2. The van der Waals surface area contributed by atoms with Crippen molar-refractivity contribution >= 4 is 5.82 Å². The number of aromatic amines is 1. The molecular weight excluding hydrogens is 158 g/mol. The fraction of sp³-hybridized carbons (Fsp3) is 0.429. The summed E-state index contributed by atoms with van der Waals surface area (Å²) >= 11 is 0. The quantitative estimate of drug-likeness (QED) is 0.571. The fourth-order valence-corrected chi connectivity index (χ4v) is 0.906. The molecule has 4 N–H and O–H groups in total. The van der Waals surface area contributed by atoms with Crippen molar-refractivity contribution < 1.29 is 5.11 Å². The Morgan fingerprint density at radius 3 is 3.00 bits per heavy atom.